The summed E-state index contributed by atoms with van der Waals surface area (Å²) in [5.74, 6) is 1.16. The lowest BCUT2D eigenvalue weighted by Crippen LogP contribution is -2.48. The molecule has 1 aliphatic carbocycles. The Bertz CT molecular complexity index is 1430. The molecule has 3 aliphatic heterocycles. The number of benzene rings is 2. The summed E-state index contributed by atoms with van der Waals surface area (Å²) in [6.07, 6.45) is 13.8. The summed E-state index contributed by atoms with van der Waals surface area (Å²) < 4.78 is 2.55. The van der Waals surface area contributed by atoms with Crippen LogP contribution in [0.1, 0.15) is 88.1 Å². The Hall–Kier alpha value is -2.82. The van der Waals surface area contributed by atoms with E-state index in [0.717, 1.165) is 42.4 Å². The van der Waals surface area contributed by atoms with Crippen LogP contribution in [0.2, 0.25) is 0 Å². The molecule has 1 saturated carbocycles. The van der Waals surface area contributed by atoms with Crippen LogP contribution in [-0.2, 0) is 5.41 Å². The van der Waals surface area contributed by atoms with E-state index in [1.165, 1.54) is 75.4 Å². The van der Waals surface area contributed by atoms with Crippen LogP contribution in [0.25, 0.3) is 16.0 Å². The number of fused-ring (bicyclic) bond motifs is 3. The molecule has 0 spiro atoms. The van der Waals surface area contributed by atoms with E-state index in [2.05, 4.69) is 85.9 Å². The first-order chi connectivity index (χ1) is 20.6. The number of rotatable bonds is 6. The first-order valence-electron chi connectivity index (χ1n) is 16.2. The Labute approximate surface area is 255 Å². The van der Waals surface area contributed by atoms with Crippen molar-refractivity contribution in [3.63, 3.8) is 0 Å². The zero-order valence-electron chi connectivity index (χ0n) is 25.0. The van der Waals surface area contributed by atoms with Gasteiger partial charge in [-0.05, 0) is 94.4 Å². The SMILES string of the molecule is [C-]#[N+]/N=C(\SC1CCCC1)N1CCC(CCN2[C@@H]3CC[C@H]2CC(n2c(C)nc4ccccc42)C3)(c2ccccc2)CC1. The molecule has 6 nitrogen and oxygen atoms in total. The Kier molecular flexibility index (Phi) is 8.03. The van der Waals surface area contributed by atoms with Gasteiger partial charge in [0.15, 0.2) is 0 Å². The van der Waals surface area contributed by atoms with E-state index < -0.39 is 0 Å². The maximum absolute atomic E-state index is 7.46. The molecule has 0 amide bonds. The van der Waals surface area contributed by atoms with Crippen LogP contribution in [0.3, 0.4) is 0 Å². The van der Waals surface area contributed by atoms with Crippen molar-refractivity contribution in [2.24, 2.45) is 5.10 Å². The highest BCUT2D eigenvalue weighted by Crippen LogP contribution is 2.45. The van der Waals surface area contributed by atoms with E-state index in [1.807, 2.05) is 11.8 Å². The quantitative estimate of drug-likeness (QED) is 0.129. The Morgan fingerprint density at radius 1 is 0.952 bits per heavy atom. The number of aryl methyl sites for hydroxylation is 1. The minimum Gasteiger partial charge on any atom is -0.345 e. The van der Waals surface area contributed by atoms with Gasteiger partial charge >= 0.3 is 0 Å². The van der Waals surface area contributed by atoms with Crippen molar-refractivity contribution in [2.45, 2.75) is 106 Å². The highest BCUT2D eigenvalue weighted by atomic mass is 32.2. The first-order valence-corrected chi connectivity index (χ1v) is 17.1. The molecule has 1 aromatic heterocycles. The molecule has 1 unspecified atom stereocenters. The van der Waals surface area contributed by atoms with Gasteiger partial charge in [0.1, 0.15) is 10.9 Å². The topological polar surface area (TPSA) is 41.0 Å². The number of piperidine rings is 2. The number of thioether (sulfide) groups is 1. The van der Waals surface area contributed by atoms with E-state index in [0.29, 0.717) is 23.4 Å². The van der Waals surface area contributed by atoms with Gasteiger partial charge in [-0.1, -0.05) is 67.1 Å². The molecule has 2 bridgehead atoms. The van der Waals surface area contributed by atoms with Crippen molar-refractivity contribution < 1.29 is 0 Å². The lowest BCUT2D eigenvalue weighted by molar-refractivity contribution is 0.0890. The first kappa shape index (κ1) is 28.0. The minimum absolute atomic E-state index is 0.187. The van der Waals surface area contributed by atoms with E-state index in [1.54, 1.807) is 0 Å². The Morgan fingerprint density at radius 2 is 1.64 bits per heavy atom. The second-order valence-electron chi connectivity index (χ2n) is 13.2. The predicted octanol–water partition coefficient (Wildman–Crippen LogP) is 7.80. The number of amidine groups is 1. The number of likely N-dealkylation sites (tertiary alicyclic amines) is 1. The maximum Gasteiger partial charge on any atom is 0.246 e. The summed E-state index contributed by atoms with van der Waals surface area (Å²) in [5.41, 5.74) is 4.12. The fraction of sp³-hybridized carbons (Fsp3) is 0.571. The summed E-state index contributed by atoms with van der Waals surface area (Å²) >= 11 is 1.87. The molecule has 42 heavy (non-hydrogen) atoms. The molecule has 7 heteroatoms. The van der Waals surface area contributed by atoms with Crippen LogP contribution in [0, 0.1) is 13.5 Å². The van der Waals surface area contributed by atoms with Crippen molar-refractivity contribution in [3.05, 3.63) is 77.5 Å². The van der Waals surface area contributed by atoms with Crippen molar-refractivity contribution >= 4 is 28.0 Å². The van der Waals surface area contributed by atoms with E-state index in [-0.39, 0.29) is 5.41 Å². The molecule has 3 aromatic rings. The molecule has 3 saturated heterocycles. The summed E-state index contributed by atoms with van der Waals surface area (Å²) in [6, 6.07) is 21.9. The number of imidazole rings is 1. The summed E-state index contributed by atoms with van der Waals surface area (Å²) in [4.78, 5) is 13.7. The fourth-order valence-electron chi connectivity index (χ4n) is 8.75. The molecule has 0 radical (unpaired) electrons. The zero-order valence-corrected chi connectivity index (χ0v) is 25.8. The summed E-state index contributed by atoms with van der Waals surface area (Å²) in [7, 11) is 0. The van der Waals surface area contributed by atoms with Crippen LogP contribution < -0.4 is 0 Å². The number of para-hydroxylation sites is 2. The Balaban J connectivity index is 1.05. The van der Waals surface area contributed by atoms with Crippen LogP contribution in [0.5, 0.6) is 0 Å². The lowest BCUT2D eigenvalue weighted by Gasteiger charge is -2.46. The van der Waals surface area contributed by atoms with Crippen molar-refractivity contribution in [3.8, 4) is 0 Å². The maximum atomic E-state index is 7.46. The third-order valence-corrected chi connectivity index (χ3v) is 12.3. The molecular formula is C35H44N6S. The average Bonchev–Trinajstić information content (AvgIpc) is 3.72. The number of hydrogen-bond donors (Lipinski definition) is 0. The van der Waals surface area contributed by atoms with Crippen molar-refractivity contribution in [1.82, 2.24) is 19.4 Å². The van der Waals surface area contributed by atoms with Gasteiger partial charge in [0.05, 0.1) is 11.0 Å². The van der Waals surface area contributed by atoms with Crippen molar-refractivity contribution in [1.29, 1.82) is 0 Å². The highest BCUT2D eigenvalue weighted by molar-refractivity contribution is 8.14. The third kappa shape index (κ3) is 5.37. The Morgan fingerprint density at radius 3 is 2.36 bits per heavy atom. The second kappa shape index (κ2) is 12.1. The highest BCUT2D eigenvalue weighted by Gasteiger charge is 2.44. The molecular weight excluding hydrogens is 536 g/mol. The minimum atomic E-state index is 0.187. The number of aromatic nitrogens is 2. The van der Waals surface area contributed by atoms with Gasteiger partial charge in [-0.3, -0.25) is 4.90 Å². The molecule has 0 N–H and O–H groups in total. The monoisotopic (exact) mass is 580 g/mol. The van der Waals surface area contributed by atoms with Gasteiger partial charge in [0.25, 0.3) is 0 Å². The smallest absolute Gasteiger partial charge is 0.246 e. The van der Waals surface area contributed by atoms with Crippen molar-refractivity contribution in [2.75, 3.05) is 19.6 Å². The molecule has 4 heterocycles. The third-order valence-electron chi connectivity index (χ3n) is 10.9. The standard InChI is InChI=1S/C35H44N6S/c1-26-37-32-14-8-9-15-33(32)41(26)30-24-28-16-17-29(25-30)40(28)23-20-35(27-10-4-3-5-11-27)18-21-39(22-19-35)34(38-36-2)42-31-12-6-7-13-31/h3-5,8-11,14-15,28-31H,6-7,12-13,16-25H2,1H3/b38-34-/t28-,29+,30?. The van der Waals surface area contributed by atoms with E-state index >= 15 is 0 Å². The fourth-order valence-corrected chi connectivity index (χ4v) is 10.0. The average molecular weight is 581 g/mol. The molecule has 4 aliphatic rings. The van der Waals surface area contributed by atoms with Gasteiger partial charge in [0.2, 0.25) is 5.17 Å². The van der Waals surface area contributed by atoms with Gasteiger partial charge < -0.3 is 9.47 Å². The molecule has 4 fully saturated rings. The van der Waals surface area contributed by atoms with Gasteiger partial charge in [-0.2, -0.15) is 6.57 Å². The lowest BCUT2D eigenvalue weighted by atomic mass is 9.70. The summed E-state index contributed by atoms with van der Waals surface area (Å²) in [6.45, 7) is 12.8. The van der Waals surface area contributed by atoms with Gasteiger partial charge in [0, 0.05) is 36.5 Å². The predicted molar refractivity (Wildman–Crippen MR) is 174 cm³/mol. The van der Waals surface area contributed by atoms with Crippen LogP contribution in [-0.4, -0.2) is 61.5 Å². The molecule has 3 atom stereocenters. The van der Waals surface area contributed by atoms with Crippen LogP contribution >= 0.6 is 11.8 Å². The normalized spacial score (nSPS) is 26.6. The van der Waals surface area contributed by atoms with Crippen LogP contribution in [0.4, 0.5) is 0 Å². The summed E-state index contributed by atoms with van der Waals surface area (Å²) in [5, 5.41) is 5.92. The van der Waals surface area contributed by atoms with E-state index in [9.17, 15) is 0 Å². The second-order valence-corrected chi connectivity index (χ2v) is 14.4. The van der Waals surface area contributed by atoms with Gasteiger partial charge in [-0.15, -0.1) is 4.95 Å². The van der Waals surface area contributed by atoms with Gasteiger partial charge in [-0.25, -0.2) is 4.98 Å². The molecule has 2 aromatic carbocycles. The largest absolute Gasteiger partial charge is 0.345 e. The number of nitrogens with zero attached hydrogens (tertiary/aromatic N) is 6. The zero-order chi connectivity index (χ0) is 28.5. The molecule has 7 rings (SSSR count). The van der Waals surface area contributed by atoms with E-state index in [4.69, 9.17) is 11.6 Å². The van der Waals surface area contributed by atoms with Crippen LogP contribution in [0.15, 0.2) is 59.7 Å². The molecule has 220 valence electrons. The number of hydrogen-bond acceptors (Lipinski definition) is 4.